The second kappa shape index (κ2) is 14.2. The largest absolute Gasteiger partial charge is 0.490 e. The van der Waals surface area contributed by atoms with Crippen molar-refractivity contribution >= 4 is 5.91 Å². The topological polar surface area (TPSA) is 135 Å². The molecule has 0 spiro atoms. The summed E-state index contributed by atoms with van der Waals surface area (Å²) < 4.78 is 11.6. The summed E-state index contributed by atoms with van der Waals surface area (Å²) in [6.45, 7) is 13.3. The molecule has 0 saturated carbocycles. The molecule has 39 heavy (non-hydrogen) atoms. The van der Waals surface area contributed by atoms with Crippen LogP contribution in [0.5, 0.6) is 5.75 Å². The van der Waals surface area contributed by atoms with Crippen molar-refractivity contribution in [2.45, 2.75) is 79.1 Å². The Morgan fingerprint density at radius 1 is 1.10 bits per heavy atom. The zero-order valence-electron chi connectivity index (χ0n) is 23.7. The molecule has 0 saturated heterocycles. The van der Waals surface area contributed by atoms with Gasteiger partial charge < -0.3 is 25.2 Å². The lowest BCUT2D eigenvalue weighted by Gasteiger charge is -2.20. The lowest BCUT2D eigenvalue weighted by atomic mass is 10.0. The van der Waals surface area contributed by atoms with Gasteiger partial charge in [-0.15, -0.1) is 0 Å². The Balaban J connectivity index is 1.79. The summed E-state index contributed by atoms with van der Waals surface area (Å²) in [4.78, 5) is 18.2. The van der Waals surface area contributed by atoms with Gasteiger partial charge in [0.2, 0.25) is 11.7 Å². The van der Waals surface area contributed by atoms with Gasteiger partial charge in [-0.2, -0.15) is 4.98 Å². The number of nitrogens with zero attached hydrogens (tertiary/aromatic N) is 3. The van der Waals surface area contributed by atoms with Crippen LogP contribution in [0.1, 0.15) is 62.3 Å². The Morgan fingerprint density at radius 2 is 1.87 bits per heavy atom. The van der Waals surface area contributed by atoms with E-state index in [9.17, 15) is 15.0 Å². The van der Waals surface area contributed by atoms with E-state index in [1.54, 1.807) is 0 Å². The van der Waals surface area contributed by atoms with Crippen molar-refractivity contribution in [2.24, 2.45) is 5.73 Å². The number of hydrogen-bond acceptors (Lipinski definition) is 8. The molecule has 3 aromatic rings. The molecule has 0 radical (unpaired) electrons. The molecule has 1 unspecified atom stereocenters. The highest BCUT2D eigenvalue weighted by Gasteiger charge is 2.20. The number of carbonyl (C=O) groups excluding carboxylic acids is 1. The summed E-state index contributed by atoms with van der Waals surface area (Å²) in [6.07, 6.45) is 0.404. The summed E-state index contributed by atoms with van der Waals surface area (Å²) in [5.74, 6) is 0.725. The fraction of sp³-hybridized carbons (Fsp3) is 0.500. The first-order valence-corrected chi connectivity index (χ1v) is 13.7. The number of amides is 1. The van der Waals surface area contributed by atoms with Crippen LogP contribution >= 0.6 is 0 Å². The van der Waals surface area contributed by atoms with Gasteiger partial charge >= 0.3 is 0 Å². The minimum atomic E-state index is -1.42. The lowest BCUT2D eigenvalue weighted by Crippen LogP contribution is -2.33. The van der Waals surface area contributed by atoms with Gasteiger partial charge in [0.25, 0.3) is 5.89 Å². The smallest absolute Gasteiger partial charge is 0.258 e. The average molecular weight is 539 g/mol. The standard InChI is InChI=1S/C30H42N4O5/c1-6-9-10-34(8-3)17-21-11-19(4)12-24(14-21)30-32-29(33-39-30)23-13-20(5)27(22(7-2)15-23)38-18-25(35)16-26(36)28(31)37/h11-15,25-26,35-36H,6-10,16-18H2,1-5H3,(H2,31,37)/t25-,26?/m0/s1. The summed E-state index contributed by atoms with van der Waals surface area (Å²) >= 11 is 0. The first-order valence-electron chi connectivity index (χ1n) is 13.7. The first kappa shape index (κ1) is 30.3. The van der Waals surface area contributed by atoms with Crippen LogP contribution < -0.4 is 10.5 Å². The molecule has 212 valence electrons. The molecule has 9 heteroatoms. The van der Waals surface area contributed by atoms with Crippen LogP contribution in [-0.2, 0) is 17.8 Å². The highest BCUT2D eigenvalue weighted by molar-refractivity contribution is 5.78. The maximum absolute atomic E-state index is 11.0. The molecule has 1 heterocycles. The fourth-order valence-electron chi connectivity index (χ4n) is 4.59. The van der Waals surface area contributed by atoms with Gasteiger partial charge in [-0.05, 0) is 80.7 Å². The number of nitrogens with two attached hydrogens (primary N) is 1. The normalized spacial score (nSPS) is 13.0. The van der Waals surface area contributed by atoms with E-state index in [1.165, 1.54) is 18.4 Å². The Hall–Kier alpha value is -3.27. The second-order valence-corrected chi connectivity index (χ2v) is 10.1. The lowest BCUT2D eigenvalue weighted by molar-refractivity contribution is -0.127. The number of hydrogen-bond donors (Lipinski definition) is 3. The molecule has 1 aromatic heterocycles. The Bertz CT molecular complexity index is 1240. The van der Waals surface area contributed by atoms with Gasteiger partial charge in [-0.1, -0.05) is 44.0 Å². The van der Waals surface area contributed by atoms with Crippen molar-refractivity contribution in [1.82, 2.24) is 15.0 Å². The number of aliphatic hydroxyl groups is 2. The predicted octanol–water partition coefficient (Wildman–Crippen LogP) is 4.18. The van der Waals surface area contributed by atoms with Gasteiger partial charge in [-0.3, -0.25) is 9.69 Å². The molecule has 1 amide bonds. The van der Waals surface area contributed by atoms with Crippen molar-refractivity contribution in [3.63, 3.8) is 0 Å². The number of ether oxygens (including phenoxy) is 1. The third-order valence-electron chi connectivity index (χ3n) is 6.73. The van der Waals surface area contributed by atoms with Crippen LogP contribution in [0.4, 0.5) is 0 Å². The van der Waals surface area contributed by atoms with Gasteiger partial charge in [-0.25, -0.2) is 0 Å². The number of carbonyl (C=O) groups is 1. The summed E-state index contributed by atoms with van der Waals surface area (Å²) in [6, 6.07) is 10.3. The van der Waals surface area contributed by atoms with E-state index in [1.807, 2.05) is 26.0 Å². The maximum atomic E-state index is 11.0. The number of unbranched alkanes of at least 4 members (excludes halogenated alkanes) is 1. The Kier molecular flexibility index (Phi) is 11.0. The third kappa shape index (κ3) is 8.36. The van der Waals surface area contributed by atoms with E-state index in [0.717, 1.165) is 47.5 Å². The van der Waals surface area contributed by atoms with Gasteiger partial charge in [0.15, 0.2) is 0 Å². The Labute approximate surface area is 231 Å². The fourth-order valence-corrected chi connectivity index (χ4v) is 4.59. The second-order valence-electron chi connectivity index (χ2n) is 10.1. The molecule has 2 aromatic carbocycles. The van der Waals surface area contributed by atoms with E-state index in [4.69, 9.17) is 20.0 Å². The van der Waals surface area contributed by atoms with Crippen LogP contribution in [0.3, 0.4) is 0 Å². The van der Waals surface area contributed by atoms with Gasteiger partial charge in [0.1, 0.15) is 18.5 Å². The van der Waals surface area contributed by atoms with E-state index < -0.39 is 18.1 Å². The van der Waals surface area contributed by atoms with Crippen molar-refractivity contribution < 1.29 is 24.3 Å². The quantitative estimate of drug-likeness (QED) is 0.262. The Morgan fingerprint density at radius 3 is 2.54 bits per heavy atom. The number of rotatable bonds is 15. The van der Waals surface area contributed by atoms with Crippen LogP contribution in [0, 0.1) is 13.8 Å². The van der Waals surface area contributed by atoms with Crippen LogP contribution in [0.25, 0.3) is 22.8 Å². The van der Waals surface area contributed by atoms with E-state index in [2.05, 4.69) is 49.0 Å². The van der Waals surface area contributed by atoms with E-state index >= 15 is 0 Å². The minimum Gasteiger partial charge on any atom is -0.490 e. The highest BCUT2D eigenvalue weighted by atomic mass is 16.5. The van der Waals surface area contributed by atoms with Crippen molar-refractivity contribution in [1.29, 1.82) is 0 Å². The average Bonchev–Trinajstić information content (AvgIpc) is 3.40. The molecule has 0 bridgehead atoms. The molecule has 0 fully saturated rings. The van der Waals surface area contributed by atoms with Gasteiger partial charge in [0.05, 0.1) is 6.10 Å². The van der Waals surface area contributed by atoms with Crippen molar-refractivity contribution in [3.8, 4) is 28.6 Å². The van der Waals surface area contributed by atoms with E-state index in [-0.39, 0.29) is 13.0 Å². The molecule has 3 rings (SSSR count). The number of aryl methyl sites for hydroxylation is 3. The molecule has 0 aliphatic heterocycles. The van der Waals surface area contributed by atoms with Crippen LogP contribution in [0.2, 0.25) is 0 Å². The molecule has 2 atom stereocenters. The van der Waals surface area contributed by atoms with E-state index in [0.29, 0.717) is 23.9 Å². The minimum absolute atomic E-state index is 0.0759. The summed E-state index contributed by atoms with van der Waals surface area (Å²) in [5.41, 5.74) is 10.9. The molecule has 9 nitrogen and oxygen atoms in total. The zero-order chi connectivity index (χ0) is 28.5. The number of aromatic nitrogens is 2. The van der Waals surface area contributed by atoms with Crippen molar-refractivity contribution in [2.75, 3.05) is 19.7 Å². The highest BCUT2D eigenvalue weighted by Crippen LogP contribution is 2.32. The zero-order valence-corrected chi connectivity index (χ0v) is 23.7. The van der Waals surface area contributed by atoms with Crippen LogP contribution in [-0.4, -0.2) is 63.1 Å². The third-order valence-corrected chi connectivity index (χ3v) is 6.73. The maximum Gasteiger partial charge on any atom is 0.258 e. The monoisotopic (exact) mass is 538 g/mol. The van der Waals surface area contributed by atoms with Gasteiger partial charge in [0, 0.05) is 24.1 Å². The number of benzene rings is 2. The first-order chi connectivity index (χ1) is 18.6. The molecular weight excluding hydrogens is 496 g/mol. The van der Waals surface area contributed by atoms with Crippen molar-refractivity contribution in [3.05, 3.63) is 52.6 Å². The molecular formula is C30H42N4O5. The SMILES string of the molecule is CCCCN(CC)Cc1cc(C)cc(-c2nc(-c3cc(C)c(OC[C@@H](O)CC(O)C(N)=O)c(CC)c3)no2)c1. The molecule has 4 N–H and O–H groups in total. The predicted molar refractivity (Wildman–Crippen MR) is 151 cm³/mol. The summed E-state index contributed by atoms with van der Waals surface area (Å²) in [5, 5.41) is 24.0. The molecule has 0 aliphatic rings. The number of primary amides is 1. The van der Waals surface area contributed by atoms with Crippen LogP contribution in [0.15, 0.2) is 34.9 Å². The number of aliphatic hydroxyl groups excluding tert-OH is 2. The molecule has 0 aliphatic carbocycles. The summed E-state index contributed by atoms with van der Waals surface area (Å²) in [7, 11) is 0.